The van der Waals surface area contributed by atoms with Crippen LogP contribution in [0.4, 0.5) is 0 Å². The fourth-order valence-electron chi connectivity index (χ4n) is 1.25. The Morgan fingerprint density at radius 1 is 0.696 bits per heavy atom. The molecule has 2 aromatic rings. The van der Waals surface area contributed by atoms with Crippen molar-refractivity contribution in [2.24, 2.45) is 0 Å². The van der Waals surface area contributed by atoms with E-state index in [1.807, 2.05) is 0 Å². The third-order valence-corrected chi connectivity index (χ3v) is 4.30. The van der Waals surface area contributed by atoms with E-state index in [9.17, 15) is 25.9 Å². The molecule has 0 aliphatic carbocycles. The van der Waals surface area contributed by atoms with E-state index in [1.165, 1.54) is 36.4 Å². The first-order valence-electron chi connectivity index (χ1n) is 5.43. The van der Waals surface area contributed by atoms with Gasteiger partial charge >= 0.3 is 48.9 Å². The van der Waals surface area contributed by atoms with Gasteiger partial charge in [-0.1, -0.05) is 35.3 Å². The average Bonchev–Trinajstić information content (AvgIpc) is 2.37. The van der Waals surface area contributed by atoms with Gasteiger partial charge in [0.25, 0.3) is 0 Å². The molecule has 0 N–H and O–H groups in total. The van der Waals surface area contributed by atoms with Gasteiger partial charge in [0.05, 0.1) is 9.79 Å². The van der Waals surface area contributed by atoms with Crippen molar-refractivity contribution < 1.29 is 25.9 Å². The standard InChI is InChI=1S/2C6H5ClO3S.Ba/c2*7-5-2-1-3-6(4-5)11(8,9)10;/h2*1-4H,(H,8,9,10);/q;;+2/p-2. The van der Waals surface area contributed by atoms with E-state index < -0.39 is 20.2 Å². The molecule has 0 amide bonds. The maximum absolute atomic E-state index is 10.4. The van der Waals surface area contributed by atoms with Gasteiger partial charge in [-0.25, -0.2) is 16.8 Å². The molecule has 0 saturated heterocycles. The molecule has 120 valence electrons. The van der Waals surface area contributed by atoms with Crippen LogP contribution >= 0.6 is 23.2 Å². The molecule has 0 fully saturated rings. The van der Waals surface area contributed by atoms with Gasteiger partial charge in [0.2, 0.25) is 0 Å². The zero-order valence-corrected chi connectivity index (χ0v) is 18.9. The Morgan fingerprint density at radius 3 is 1.17 bits per heavy atom. The van der Waals surface area contributed by atoms with Gasteiger partial charge in [-0.2, -0.15) is 0 Å². The van der Waals surface area contributed by atoms with Crippen molar-refractivity contribution in [3.05, 3.63) is 58.6 Å². The fraction of sp³-hybridized carbons (Fsp3) is 0. The van der Waals surface area contributed by atoms with E-state index in [1.54, 1.807) is 0 Å². The Kier molecular flexibility index (Phi) is 9.96. The van der Waals surface area contributed by atoms with Gasteiger partial charge in [0.15, 0.2) is 0 Å². The van der Waals surface area contributed by atoms with Gasteiger partial charge in [-0.3, -0.25) is 0 Å². The molecular weight excluding hydrogens is 512 g/mol. The van der Waals surface area contributed by atoms with Crippen molar-refractivity contribution >= 4 is 92.3 Å². The van der Waals surface area contributed by atoms with E-state index in [-0.39, 0.29) is 68.7 Å². The monoisotopic (exact) mass is 520 g/mol. The maximum atomic E-state index is 10.4. The quantitative estimate of drug-likeness (QED) is 0.443. The molecule has 0 heterocycles. The Bertz CT molecular complexity index is 795. The minimum Gasteiger partial charge on any atom is -0.744 e. The van der Waals surface area contributed by atoms with Crippen molar-refractivity contribution in [2.45, 2.75) is 9.79 Å². The number of rotatable bonds is 2. The second-order valence-corrected chi connectivity index (χ2v) is 7.46. The van der Waals surface area contributed by atoms with Crippen molar-refractivity contribution in [3.8, 4) is 0 Å². The smallest absolute Gasteiger partial charge is 0.744 e. The van der Waals surface area contributed by atoms with Gasteiger partial charge in [-0.05, 0) is 36.4 Å². The zero-order valence-electron chi connectivity index (χ0n) is 11.3. The first-order valence-corrected chi connectivity index (χ1v) is 9.00. The SMILES string of the molecule is O=S(=O)([O-])c1cccc(Cl)c1.O=S(=O)([O-])c1cccc(Cl)c1.[Ba+2]. The first-order chi connectivity index (χ1) is 10.00. The van der Waals surface area contributed by atoms with Crippen LogP contribution in [0, 0.1) is 0 Å². The molecule has 0 spiro atoms. The van der Waals surface area contributed by atoms with E-state index in [4.69, 9.17) is 23.2 Å². The summed E-state index contributed by atoms with van der Waals surface area (Å²) in [5, 5.41) is 0.476. The Labute approximate surface area is 184 Å². The molecule has 23 heavy (non-hydrogen) atoms. The summed E-state index contributed by atoms with van der Waals surface area (Å²) in [5.74, 6) is 0. The summed E-state index contributed by atoms with van der Waals surface area (Å²) < 4.78 is 62.2. The fourth-order valence-corrected chi connectivity index (χ4v) is 2.79. The summed E-state index contributed by atoms with van der Waals surface area (Å²) in [6, 6.07) is 10.4. The molecule has 0 unspecified atom stereocenters. The summed E-state index contributed by atoms with van der Waals surface area (Å²) in [6.07, 6.45) is 0. The molecule has 0 saturated carbocycles. The largest absolute Gasteiger partial charge is 2.00 e. The first kappa shape index (κ1) is 23.4. The van der Waals surface area contributed by atoms with Crippen LogP contribution in [-0.2, 0) is 20.2 Å². The predicted molar refractivity (Wildman–Crippen MR) is 84.6 cm³/mol. The van der Waals surface area contributed by atoms with E-state index in [0.717, 1.165) is 12.1 Å². The summed E-state index contributed by atoms with van der Waals surface area (Å²) in [7, 11) is -8.72. The summed E-state index contributed by atoms with van der Waals surface area (Å²) >= 11 is 10.9. The number of hydrogen-bond donors (Lipinski definition) is 0. The zero-order chi connectivity index (χ0) is 17.0. The van der Waals surface area contributed by atoms with Crippen molar-refractivity contribution in [3.63, 3.8) is 0 Å². The predicted octanol–water partition coefficient (Wildman–Crippen LogP) is 2.11. The van der Waals surface area contributed by atoms with E-state index in [2.05, 4.69) is 0 Å². The van der Waals surface area contributed by atoms with Crippen LogP contribution in [0.1, 0.15) is 0 Å². The molecule has 11 heteroatoms. The van der Waals surface area contributed by atoms with E-state index in [0.29, 0.717) is 0 Å². The number of benzene rings is 2. The molecule has 0 aliphatic heterocycles. The van der Waals surface area contributed by atoms with Crippen LogP contribution in [0.25, 0.3) is 0 Å². The second-order valence-electron chi connectivity index (χ2n) is 3.82. The normalized spacial score (nSPS) is 11.0. The van der Waals surface area contributed by atoms with Gasteiger partial charge in [0.1, 0.15) is 20.2 Å². The van der Waals surface area contributed by atoms with Crippen LogP contribution in [0.15, 0.2) is 58.3 Å². The maximum Gasteiger partial charge on any atom is 2.00 e. The van der Waals surface area contributed by atoms with Crippen LogP contribution < -0.4 is 0 Å². The van der Waals surface area contributed by atoms with Crippen LogP contribution in [0.3, 0.4) is 0 Å². The molecule has 0 atom stereocenters. The Hall–Kier alpha value is 0.411. The molecule has 0 radical (unpaired) electrons. The van der Waals surface area contributed by atoms with Gasteiger partial charge in [-0.15, -0.1) is 0 Å². The molecule has 0 bridgehead atoms. The van der Waals surface area contributed by atoms with Gasteiger partial charge in [0, 0.05) is 10.0 Å². The third kappa shape index (κ3) is 8.89. The minimum atomic E-state index is -4.36. The van der Waals surface area contributed by atoms with Crippen molar-refractivity contribution in [1.82, 2.24) is 0 Å². The third-order valence-electron chi connectivity index (χ3n) is 2.17. The van der Waals surface area contributed by atoms with Crippen LogP contribution in [0.5, 0.6) is 0 Å². The van der Waals surface area contributed by atoms with Gasteiger partial charge < -0.3 is 9.11 Å². The van der Waals surface area contributed by atoms with Crippen LogP contribution in [0.2, 0.25) is 10.0 Å². The summed E-state index contributed by atoms with van der Waals surface area (Å²) in [6.45, 7) is 0. The Balaban J connectivity index is 0.000000403. The molecule has 2 rings (SSSR count). The number of hydrogen-bond acceptors (Lipinski definition) is 6. The minimum absolute atomic E-state index is 0. The molecule has 0 aliphatic rings. The van der Waals surface area contributed by atoms with E-state index >= 15 is 0 Å². The molecular formula is C12H8BaCl2O6S2. The van der Waals surface area contributed by atoms with Crippen molar-refractivity contribution in [2.75, 3.05) is 0 Å². The second kappa shape index (κ2) is 9.78. The summed E-state index contributed by atoms with van der Waals surface area (Å²) in [5.41, 5.74) is 0. The molecule has 0 aromatic heterocycles. The van der Waals surface area contributed by atoms with Crippen molar-refractivity contribution in [1.29, 1.82) is 0 Å². The molecule has 6 nitrogen and oxygen atoms in total. The molecule has 2 aromatic carbocycles. The van der Waals surface area contributed by atoms with Crippen LogP contribution in [-0.4, -0.2) is 74.8 Å². The summed E-state index contributed by atoms with van der Waals surface area (Å²) in [4.78, 5) is -0.602. The Morgan fingerprint density at radius 2 is 1.00 bits per heavy atom. The average molecular weight is 521 g/mol. The number of halogens is 2. The topological polar surface area (TPSA) is 114 Å².